The van der Waals surface area contributed by atoms with Crippen LogP contribution in [0.1, 0.15) is 30.5 Å². The number of hydrogen-bond acceptors (Lipinski definition) is 3. The molecule has 0 saturated heterocycles. The first-order chi connectivity index (χ1) is 13.5. The number of hydrogen-bond donors (Lipinski definition) is 0. The fourth-order valence-corrected chi connectivity index (χ4v) is 2.50. The second-order valence-electron chi connectivity index (χ2n) is 5.82. The lowest BCUT2D eigenvalue weighted by Gasteiger charge is -2.21. The van der Waals surface area contributed by atoms with E-state index in [0.717, 1.165) is 24.3 Å². The van der Waals surface area contributed by atoms with E-state index >= 15 is 0 Å². The van der Waals surface area contributed by atoms with Gasteiger partial charge in [-0.1, -0.05) is 12.1 Å². The summed E-state index contributed by atoms with van der Waals surface area (Å²) in [5.74, 6) is -0.657. The van der Waals surface area contributed by atoms with Crippen molar-refractivity contribution >= 4 is 12.0 Å². The van der Waals surface area contributed by atoms with E-state index < -0.39 is 35.0 Å². The van der Waals surface area contributed by atoms with Gasteiger partial charge >= 0.3 is 12.4 Å². The monoisotopic (exact) mass is 427 g/mol. The maximum Gasteiger partial charge on any atom is 0.417 e. The highest BCUT2D eigenvalue weighted by Crippen LogP contribution is 2.42. The standard InChI is InChI=1S/C19H23F6NO3/c1-3-28-12-10-26(11-13-29-4-2)16(27)9-8-14-6-5-7-15(18(20,21)22)17(14)19(23,24)25/h5-9H,3-4,10-13H2,1-2H3. The predicted molar refractivity (Wildman–Crippen MR) is 95.0 cm³/mol. The molecule has 0 aliphatic carbocycles. The largest absolute Gasteiger partial charge is 0.417 e. The van der Waals surface area contributed by atoms with Gasteiger partial charge in [0.25, 0.3) is 0 Å². The topological polar surface area (TPSA) is 38.8 Å². The molecule has 0 spiro atoms. The van der Waals surface area contributed by atoms with Gasteiger partial charge < -0.3 is 14.4 Å². The van der Waals surface area contributed by atoms with Crippen molar-refractivity contribution in [1.29, 1.82) is 0 Å². The molecule has 0 radical (unpaired) electrons. The number of halogens is 6. The first-order valence-corrected chi connectivity index (χ1v) is 8.92. The fraction of sp³-hybridized carbons (Fsp3) is 0.526. The number of benzene rings is 1. The third-order valence-electron chi connectivity index (χ3n) is 3.82. The Morgan fingerprint density at radius 1 is 0.966 bits per heavy atom. The van der Waals surface area contributed by atoms with Crippen molar-refractivity contribution in [2.45, 2.75) is 26.2 Å². The third kappa shape index (κ3) is 8.06. The van der Waals surface area contributed by atoms with Gasteiger partial charge in [-0.15, -0.1) is 0 Å². The summed E-state index contributed by atoms with van der Waals surface area (Å²) in [7, 11) is 0. The number of ether oxygens (including phenoxy) is 2. The zero-order valence-corrected chi connectivity index (χ0v) is 16.1. The molecule has 0 atom stereocenters. The molecule has 0 bridgehead atoms. The van der Waals surface area contributed by atoms with Gasteiger partial charge in [-0.2, -0.15) is 26.3 Å². The number of carbonyl (C=O) groups is 1. The van der Waals surface area contributed by atoms with E-state index in [-0.39, 0.29) is 26.3 Å². The number of carbonyl (C=O) groups excluding carboxylic acids is 1. The van der Waals surface area contributed by atoms with Crippen LogP contribution < -0.4 is 0 Å². The summed E-state index contributed by atoms with van der Waals surface area (Å²) in [5, 5.41) is 0. The van der Waals surface area contributed by atoms with Crippen molar-refractivity contribution in [3.63, 3.8) is 0 Å². The second kappa shape index (κ2) is 11.2. The molecule has 0 fully saturated rings. The van der Waals surface area contributed by atoms with Crippen LogP contribution in [0.15, 0.2) is 24.3 Å². The minimum absolute atomic E-state index is 0.165. The molecule has 0 aromatic heterocycles. The molecule has 4 nitrogen and oxygen atoms in total. The van der Waals surface area contributed by atoms with E-state index in [4.69, 9.17) is 9.47 Å². The minimum atomic E-state index is -5.24. The smallest absolute Gasteiger partial charge is 0.380 e. The Bertz CT molecular complexity index is 676. The van der Waals surface area contributed by atoms with Crippen molar-refractivity contribution in [3.05, 3.63) is 41.0 Å². The molecule has 0 aliphatic heterocycles. The summed E-state index contributed by atoms with van der Waals surface area (Å²) in [6.45, 7) is 5.11. The van der Waals surface area contributed by atoms with Gasteiger partial charge in [0.2, 0.25) is 5.91 Å². The summed E-state index contributed by atoms with van der Waals surface area (Å²) >= 11 is 0. The lowest BCUT2D eigenvalue weighted by Crippen LogP contribution is -2.35. The number of amides is 1. The molecule has 0 heterocycles. The molecule has 29 heavy (non-hydrogen) atoms. The molecule has 0 saturated carbocycles. The highest BCUT2D eigenvalue weighted by Gasteiger charge is 2.44. The third-order valence-corrected chi connectivity index (χ3v) is 3.82. The van der Waals surface area contributed by atoms with Crippen molar-refractivity contribution in [2.75, 3.05) is 39.5 Å². The molecule has 164 valence electrons. The van der Waals surface area contributed by atoms with Crippen molar-refractivity contribution in [1.82, 2.24) is 4.90 Å². The van der Waals surface area contributed by atoms with E-state index in [1.165, 1.54) is 4.90 Å². The highest BCUT2D eigenvalue weighted by molar-refractivity contribution is 5.92. The molecule has 1 amide bonds. The van der Waals surface area contributed by atoms with Gasteiger partial charge in [-0.25, -0.2) is 0 Å². The SMILES string of the molecule is CCOCCN(CCOCC)C(=O)C=Cc1cccc(C(F)(F)F)c1C(F)(F)F. The van der Waals surface area contributed by atoms with Crippen LogP contribution in [0.5, 0.6) is 0 Å². The van der Waals surface area contributed by atoms with Crippen LogP contribution in [0.4, 0.5) is 26.3 Å². The Morgan fingerprint density at radius 3 is 1.97 bits per heavy atom. The molecular weight excluding hydrogens is 404 g/mol. The minimum Gasteiger partial charge on any atom is -0.380 e. The molecule has 0 aliphatic rings. The van der Waals surface area contributed by atoms with Crippen LogP contribution in [0, 0.1) is 0 Å². The second-order valence-corrected chi connectivity index (χ2v) is 5.82. The summed E-state index contributed by atoms with van der Waals surface area (Å²) in [6, 6.07) is 2.11. The van der Waals surface area contributed by atoms with E-state index in [1.54, 1.807) is 13.8 Å². The quantitative estimate of drug-likeness (QED) is 0.310. The Morgan fingerprint density at radius 2 is 1.52 bits per heavy atom. The number of nitrogens with zero attached hydrogens (tertiary/aromatic N) is 1. The number of alkyl halides is 6. The lowest BCUT2D eigenvalue weighted by atomic mass is 9.99. The average molecular weight is 427 g/mol. The van der Waals surface area contributed by atoms with E-state index in [1.807, 2.05) is 0 Å². The van der Waals surface area contributed by atoms with Gasteiger partial charge in [0.05, 0.1) is 24.3 Å². The first kappa shape index (κ1) is 25.0. The van der Waals surface area contributed by atoms with Gasteiger partial charge in [0.15, 0.2) is 0 Å². The van der Waals surface area contributed by atoms with Gasteiger partial charge in [0.1, 0.15) is 0 Å². The normalized spacial score (nSPS) is 12.6. The van der Waals surface area contributed by atoms with Crippen LogP contribution >= 0.6 is 0 Å². The summed E-state index contributed by atoms with van der Waals surface area (Å²) in [6.07, 6.45) is -8.85. The Labute approximate surface area is 165 Å². The van der Waals surface area contributed by atoms with Crippen LogP contribution in [0.3, 0.4) is 0 Å². The summed E-state index contributed by atoms with van der Waals surface area (Å²) in [5.41, 5.74) is -4.37. The van der Waals surface area contributed by atoms with Crippen molar-refractivity contribution in [3.8, 4) is 0 Å². The van der Waals surface area contributed by atoms with Gasteiger partial charge in [-0.05, 0) is 31.6 Å². The lowest BCUT2D eigenvalue weighted by molar-refractivity contribution is -0.162. The molecule has 10 heteroatoms. The Kier molecular flexibility index (Phi) is 9.64. The first-order valence-electron chi connectivity index (χ1n) is 8.92. The highest BCUT2D eigenvalue weighted by atomic mass is 19.4. The van der Waals surface area contributed by atoms with Crippen LogP contribution in [0.25, 0.3) is 6.08 Å². The molecule has 1 rings (SSSR count). The van der Waals surface area contributed by atoms with Gasteiger partial charge in [0, 0.05) is 32.4 Å². The fourth-order valence-electron chi connectivity index (χ4n) is 2.50. The zero-order chi connectivity index (χ0) is 22.1. The molecule has 1 aromatic rings. The predicted octanol–water partition coefficient (Wildman–Crippen LogP) is 4.64. The number of rotatable bonds is 10. The van der Waals surface area contributed by atoms with Crippen molar-refractivity contribution in [2.24, 2.45) is 0 Å². The van der Waals surface area contributed by atoms with Gasteiger partial charge in [-0.3, -0.25) is 4.79 Å². The molecular formula is C19H23F6NO3. The van der Waals surface area contributed by atoms with Crippen molar-refractivity contribution < 1.29 is 40.6 Å². The molecule has 1 aromatic carbocycles. The van der Waals surface area contributed by atoms with E-state index in [0.29, 0.717) is 19.3 Å². The Hall–Kier alpha value is -2.07. The molecule has 0 unspecified atom stereocenters. The van der Waals surface area contributed by atoms with E-state index in [9.17, 15) is 31.1 Å². The van der Waals surface area contributed by atoms with Crippen LogP contribution in [-0.2, 0) is 26.6 Å². The molecule has 0 N–H and O–H groups in total. The summed E-state index contributed by atoms with van der Waals surface area (Å²) < 4.78 is 89.2. The zero-order valence-electron chi connectivity index (χ0n) is 16.1. The maximum absolute atomic E-state index is 13.3. The summed E-state index contributed by atoms with van der Waals surface area (Å²) in [4.78, 5) is 13.7. The maximum atomic E-state index is 13.3. The van der Waals surface area contributed by atoms with Crippen LogP contribution in [-0.4, -0.2) is 50.3 Å². The van der Waals surface area contributed by atoms with Crippen LogP contribution in [0.2, 0.25) is 0 Å². The average Bonchev–Trinajstić information content (AvgIpc) is 2.63. The van der Waals surface area contributed by atoms with E-state index in [2.05, 4.69) is 0 Å². The Balaban J connectivity index is 3.13.